The molecule has 2 atom stereocenters. The summed E-state index contributed by atoms with van der Waals surface area (Å²) < 4.78 is 29.7. The van der Waals surface area contributed by atoms with Gasteiger partial charge < -0.3 is 10.5 Å². The van der Waals surface area contributed by atoms with Crippen molar-refractivity contribution in [3.63, 3.8) is 0 Å². The van der Waals surface area contributed by atoms with Gasteiger partial charge in [-0.1, -0.05) is 17.7 Å². The molecule has 8 nitrogen and oxygen atoms in total. The Hall–Kier alpha value is -3.38. The second kappa shape index (κ2) is 7.15. The van der Waals surface area contributed by atoms with Gasteiger partial charge in [0.25, 0.3) is 0 Å². The van der Waals surface area contributed by atoms with E-state index in [-0.39, 0.29) is 18.0 Å². The number of anilines is 1. The molecule has 1 aliphatic heterocycles. The van der Waals surface area contributed by atoms with Crippen LogP contribution in [0.15, 0.2) is 35.4 Å². The van der Waals surface area contributed by atoms with Crippen LogP contribution < -0.4 is 10.5 Å². The van der Waals surface area contributed by atoms with E-state index in [0.29, 0.717) is 38.7 Å². The van der Waals surface area contributed by atoms with Gasteiger partial charge in [-0.2, -0.15) is 10.4 Å². The summed E-state index contributed by atoms with van der Waals surface area (Å²) in [7, 11) is -1.44. The molecule has 154 valence electrons. The molecule has 1 unspecified atom stereocenters. The molecule has 0 saturated heterocycles. The molecule has 3 N–H and O–H groups in total. The number of nitriles is 1. The third-order valence-electron chi connectivity index (χ3n) is 5.28. The molecular weight excluding hydrogens is 400 g/mol. The van der Waals surface area contributed by atoms with Crippen molar-refractivity contribution in [3.05, 3.63) is 53.0 Å². The van der Waals surface area contributed by atoms with Crippen LogP contribution in [-0.2, 0) is 23.2 Å². The van der Waals surface area contributed by atoms with E-state index in [1.807, 2.05) is 26.0 Å². The highest BCUT2D eigenvalue weighted by Crippen LogP contribution is 2.36. The highest BCUT2D eigenvalue weighted by atomic mass is 32.2. The maximum absolute atomic E-state index is 13.4. The van der Waals surface area contributed by atoms with Crippen LogP contribution >= 0.6 is 0 Å². The summed E-state index contributed by atoms with van der Waals surface area (Å²) in [5.74, 6) is 0.663. The lowest BCUT2D eigenvalue weighted by atomic mass is 10.0. The first-order valence-electron chi connectivity index (χ1n) is 9.47. The van der Waals surface area contributed by atoms with Crippen LogP contribution in [0.5, 0.6) is 5.75 Å². The van der Waals surface area contributed by atoms with Gasteiger partial charge in [-0.15, -0.1) is 0 Å². The number of nitrogens with two attached hydrogens (primary N) is 1. The highest BCUT2D eigenvalue weighted by molar-refractivity contribution is 7.92. The largest absolute Gasteiger partial charge is 0.482 e. The zero-order valence-corrected chi connectivity index (χ0v) is 17.8. The van der Waals surface area contributed by atoms with E-state index in [4.69, 9.17) is 15.3 Å². The first-order chi connectivity index (χ1) is 14.2. The normalized spacial score (nSPS) is 20.7. The Bertz CT molecular complexity index is 1300. The number of nitrogen functional groups attached to an aromatic ring is 1. The third kappa shape index (κ3) is 3.29. The summed E-state index contributed by atoms with van der Waals surface area (Å²) in [5, 5.41) is 14.1. The Kier molecular flexibility index (Phi) is 4.74. The summed E-state index contributed by atoms with van der Waals surface area (Å²) in [6, 6.07) is 9.42. The van der Waals surface area contributed by atoms with Gasteiger partial charge in [-0.25, -0.2) is 14.0 Å². The van der Waals surface area contributed by atoms with Crippen LogP contribution in [0.1, 0.15) is 35.5 Å². The lowest BCUT2D eigenvalue weighted by molar-refractivity contribution is 0.224. The average molecular weight is 423 g/mol. The van der Waals surface area contributed by atoms with Gasteiger partial charge in [0.15, 0.2) is 11.6 Å². The Morgan fingerprint density at radius 2 is 2.17 bits per heavy atom. The molecule has 30 heavy (non-hydrogen) atoms. The monoisotopic (exact) mass is 422 g/mol. The van der Waals surface area contributed by atoms with E-state index < -0.39 is 15.8 Å². The van der Waals surface area contributed by atoms with E-state index >= 15 is 0 Å². The Labute approximate surface area is 175 Å². The molecule has 0 spiro atoms. The minimum Gasteiger partial charge on any atom is -0.482 e. The van der Waals surface area contributed by atoms with E-state index in [0.717, 1.165) is 5.56 Å². The van der Waals surface area contributed by atoms with Crippen molar-refractivity contribution in [3.8, 4) is 22.9 Å². The van der Waals surface area contributed by atoms with Gasteiger partial charge in [0.2, 0.25) is 0 Å². The van der Waals surface area contributed by atoms with Gasteiger partial charge in [0, 0.05) is 42.1 Å². The summed E-state index contributed by atoms with van der Waals surface area (Å²) in [5.41, 5.74) is 9.94. The van der Waals surface area contributed by atoms with Gasteiger partial charge >= 0.3 is 0 Å². The number of ether oxygens (including phenoxy) is 1. The van der Waals surface area contributed by atoms with Crippen molar-refractivity contribution >= 4 is 15.5 Å². The van der Waals surface area contributed by atoms with Crippen LogP contribution in [0, 0.1) is 23.0 Å². The topological polar surface area (TPSA) is 131 Å². The lowest BCUT2D eigenvalue weighted by Crippen LogP contribution is -2.15. The first-order valence-corrected chi connectivity index (χ1v) is 11.2. The molecule has 0 aliphatic carbocycles. The van der Waals surface area contributed by atoms with E-state index in [9.17, 15) is 9.47 Å². The number of pyridine rings is 1. The Morgan fingerprint density at radius 3 is 2.90 bits per heavy atom. The zero-order valence-electron chi connectivity index (χ0n) is 17.0. The maximum Gasteiger partial charge on any atom is 0.166 e. The van der Waals surface area contributed by atoms with Gasteiger partial charge in [-0.05, 0) is 26.0 Å². The minimum absolute atomic E-state index is 0.0833. The van der Waals surface area contributed by atoms with Crippen molar-refractivity contribution in [1.82, 2.24) is 14.8 Å². The van der Waals surface area contributed by atoms with Crippen LogP contribution in [0.3, 0.4) is 0 Å². The molecule has 2 aromatic heterocycles. The van der Waals surface area contributed by atoms with Crippen molar-refractivity contribution in [1.29, 1.82) is 10.0 Å². The third-order valence-corrected chi connectivity index (χ3v) is 7.15. The molecule has 0 fully saturated rings. The maximum atomic E-state index is 13.4. The molecule has 1 aromatic carbocycles. The number of nitrogens with zero attached hydrogens (tertiary/aromatic N) is 4. The fourth-order valence-corrected chi connectivity index (χ4v) is 5.36. The summed E-state index contributed by atoms with van der Waals surface area (Å²) >= 11 is 0. The second-order valence-corrected chi connectivity index (χ2v) is 9.64. The number of aryl methyl sites for hydroxylation is 3. The van der Waals surface area contributed by atoms with Gasteiger partial charge in [-0.3, -0.25) is 4.68 Å². The molecule has 0 saturated carbocycles. The molecule has 1 aliphatic rings. The highest BCUT2D eigenvalue weighted by Gasteiger charge is 2.26. The Morgan fingerprint density at radius 1 is 1.40 bits per heavy atom. The predicted octanol–water partition coefficient (Wildman–Crippen LogP) is 3.35. The fraction of sp³-hybridized carbons (Fsp3) is 0.286. The number of hydrogen-bond acceptors (Lipinski definition) is 7. The molecule has 3 heterocycles. The van der Waals surface area contributed by atoms with Crippen LogP contribution in [-0.4, -0.2) is 24.7 Å². The fourth-order valence-electron chi connectivity index (χ4n) is 3.76. The number of nitrogens with one attached hydrogen (secondary N) is 1. The standard InChI is InChI=1S/C21H22N6O2S/c1-12-4-5-19-15(8-12)13(2)29-18-9-14(11-25-21(18)23)20-16(6-7-30(19,24)28)26-27(3)17(20)10-22/h4-5,8-9,11,13,24H,6-7H2,1-3H3,(H2,23,25)/t13-,30?/m1/s1. The molecule has 2 bridgehead atoms. The number of fused-ring (bicyclic) bond motifs is 5. The van der Waals surface area contributed by atoms with Gasteiger partial charge in [0.1, 0.15) is 17.9 Å². The molecule has 0 amide bonds. The smallest absolute Gasteiger partial charge is 0.166 e. The quantitative estimate of drug-likeness (QED) is 0.571. The van der Waals surface area contributed by atoms with Crippen molar-refractivity contribution in [2.24, 2.45) is 7.05 Å². The second-order valence-electron chi connectivity index (χ2n) is 7.44. The van der Waals surface area contributed by atoms with E-state index in [1.165, 1.54) is 4.68 Å². The van der Waals surface area contributed by atoms with Crippen LogP contribution in [0.25, 0.3) is 11.1 Å². The SMILES string of the molecule is Cc1ccc2c(c1)[C@@H](C)Oc1cc(cnc1N)-c1c(nn(C)c1C#N)CCS2(=N)=O. The van der Waals surface area contributed by atoms with Crippen molar-refractivity contribution < 1.29 is 8.95 Å². The number of aromatic nitrogens is 3. The van der Waals surface area contributed by atoms with Crippen molar-refractivity contribution in [2.75, 3.05) is 11.5 Å². The molecule has 3 aromatic rings. The summed E-state index contributed by atoms with van der Waals surface area (Å²) in [6.45, 7) is 3.77. The summed E-state index contributed by atoms with van der Waals surface area (Å²) in [6.07, 6.45) is 1.37. The summed E-state index contributed by atoms with van der Waals surface area (Å²) in [4.78, 5) is 4.71. The van der Waals surface area contributed by atoms with Gasteiger partial charge in [0.05, 0.1) is 20.3 Å². The van der Waals surface area contributed by atoms with E-state index in [2.05, 4.69) is 16.2 Å². The molecule has 0 radical (unpaired) electrons. The first kappa shape index (κ1) is 19.9. The van der Waals surface area contributed by atoms with Crippen LogP contribution in [0.4, 0.5) is 5.82 Å². The zero-order chi connectivity index (χ0) is 21.6. The Balaban J connectivity index is 1.99. The molecule has 4 rings (SSSR count). The minimum atomic E-state index is -3.12. The average Bonchev–Trinajstić information content (AvgIpc) is 3.02. The lowest BCUT2D eigenvalue weighted by Gasteiger charge is -2.22. The number of benzene rings is 1. The van der Waals surface area contributed by atoms with E-state index in [1.54, 1.807) is 25.4 Å². The molecular formula is C21H22N6O2S. The number of rotatable bonds is 0. The predicted molar refractivity (Wildman–Crippen MR) is 113 cm³/mol. The van der Waals surface area contributed by atoms with Crippen molar-refractivity contribution in [2.45, 2.75) is 31.3 Å². The molecule has 9 heteroatoms. The van der Waals surface area contributed by atoms with Crippen LogP contribution in [0.2, 0.25) is 0 Å². The number of hydrogen-bond donors (Lipinski definition) is 2.